The SMILES string of the molecule is c1ccc(-c2ccc(-c3cc(-c4ccc(-c5ccc(-c6ccc7c(c6)C6(c8ccccc8-c8ccccc86)c6ccccc6-7)cc5)cc4)nc(-c4ccccc4)n3)cc2)cc1. The molecule has 0 aliphatic heterocycles. The molecule has 2 aliphatic carbocycles. The van der Waals surface area contributed by atoms with Gasteiger partial charge < -0.3 is 0 Å². The van der Waals surface area contributed by atoms with E-state index in [1.807, 2.05) is 24.3 Å². The first-order valence-electron chi connectivity index (χ1n) is 21.0. The van der Waals surface area contributed by atoms with Crippen molar-refractivity contribution in [2.45, 2.75) is 5.41 Å². The maximum Gasteiger partial charge on any atom is 0.160 e. The molecule has 2 heteroatoms. The molecule has 0 saturated heterocycles. The van der Waals surface area contributed by atoms with Crippen LogP contribution in [0.5, 0.6) is 0 Å². The minimum Gasteiger partial charge on any atom is -0.228 e. The van der Waals surface area contributed by atoms with Gasteiger partial charge in [0.2, 0.25) is 0 Å². The monoisotopic (exact) mass is 774 g/mol. The highest BCUT2D eigenvalue weighted by Crippen LogP contribution is 2.63. The molecule has 284 valence electrons. The molecule has 1 spiro atoms. The number of hydrogen-bond acceptors (Lipinski definition) is 2. The van der Waals surface area contributed by atoms with Crippen LogP contribution in [0.3, 0.4) is 0 Å². The molecule has 0 unspecified atom stereocenters. The Morgan fingerprint density at radius 2 is 0.557 bits per heavy atom. The van der Waals surface area contributed by atoms with Crippen LogP contribution < -0.4 is 0 Å². The number of fused-ring (bicyclic) bond motifs is 10. The fourth-order valence-electron chi connectivity index (χ4n) is 9.89. The molecule has 1 heterocycles. The lowest BCUT2D eigenvalue weighted by molar-refractivity contribution is 0.794. The van der Waals surface area contributed by atoms with Gasteiger partial charge in [-0.1, -0.05) is 218 Å². The largest absolute Gasteiger partial charge is 0.228 e. The van der Waals surface area contributed by atoms with Gasteiger partial charge in [-0.15, -0.1) is 0 Å². The van der Waals surface area contributed by atoms with Crippen LogP contribution in [0.2, 0.25) is 0 Å². The predicted octanol–water partition coefficient (Wildman–Crippen LogP) is 14.8. The molecular weight excluding hydrogens is 737 g/mol. The smallest absolute Gasteiger partial charge is 0.160 e. The van der Waals surface area contributed by atoms with E-state index in [0.29, 0.717) is 5.82 Å². The second-order valence-electron chi connectivity index (χ2n) is 16.1. The van der Waals surface area contributed by atoms with Crippen LogP contribution in [0.15, 0.2) is 231 Å². The second kappa shape index (κ2) is 14.1. The zero-order chi connectivity index (χ0) is 40.3. The Morgan fingerprint density at radius 3 is 1.02 bits per heavy atom. The third-order valence-corrected chi connectivity index (χ3v) is 12.8. The van der Waals surface area contributed by atoms with E-state index in [9.17, 15) is 0 Å². The maximum absolute atomic E-state index is 5.09. The van der Waals surface area contributed by atoms with Crippen LogP contribution in [0.4, 0.5) is 0 Å². The molecule has 12 rings (SSSR count). The summed E-state index contributed by atoms with van der Waals surface area (Å²) in [5.41, 5.74) is 22.4. The molecule has 2 nitrogen and oxygen atoms in total. The Labute approximate surface area is 356 Å². The first-order valence-corrected chi connectivity index (χ1v) is 21.0. The highest BCUT2D eigenvalue weighted by atomic mass is 14.9. The Morgan fingerprint density at radius 1 is 0.230 bits per heavy atom. The van der Waals surface area contributed by atoms with Crippen LogP contribution in [0.25, 0.3) is 89.5 Å². The summed E-state index contributed by atoms with van der Waals surface area (Å²) >= 11 is 0. The van der Waals surface area contributed by atoms with Gasteiger partial charge >= 0.3 is 0 Å². The van der Waals surface area contributed by atoms with E-state index in [0.717, 1.165) is 33.6 Å². The van der Waals surface area contributed by atoms with Gasteiger partial charge in [0.1, 0.15) is 0 Å². The minimum atomic E-state index is -0.351. The van der Waals surface area contributed by atoms with E-state index in [-0.39, 0.29) is 5.41 Å². The first kappa shape index (κ1) is 35.0. The van der Waals surface area contributed by atoms with E-state index in [4.69, 9.17) is 9.97 Å². The highest BCUT2D eigenvalue weighted by molar-refractivity contribution is 5.96. The molecule has 10 aromatic rings. The summed E-state index contributed by atoms with van der Waals surface area (Å²) in [5.74, 6) is 0.711. The van der Waals surface area contributed by atoms with E-state index in [2.05, 4.69) is 206 Å². The van der Waals surface area contributed by atoms with Crippen LogP contribution in [-0.4, -0.2) is 9.97 Å². The van der Waals surface area contributed by atoms with Crippen molar-refractivity contribution in [3.8, 4) is 89.5 Å². The van der Waals surface area contributed by atoms with E-state index in [1.165, 1.54) is 72.3 Å². The lowest BCUT2D eigenvalue weighted by atomic mass is 9.70. The van der Waals surface area contributed by atoms with E-state index >= 15 is 0 Å². The zero-order valence-corrected chi connectivity index (χ0v) is 33.3. The van der Waals surface area contributed by atoms with Crippen LogP contribution in [0.1, 0.15) is 22.3 Å². The van der Waals surface area contributed by atoms with Crippen molar-refractivity contribution in [1.82, 2.24) is 9.97 Å². The number of rotatable bonds is 6. The summed E-state index contributed by atoms with van der Waals surface area (Å²) in [4.78, 5) is 10.1. The molecule has 0 bridgehead atoms. The fraction of sp³-hybridized carbons (Fsp3) is 0.0169. The number of hydrogen-bond donors (Lipinski definition) is 0. The maximum atomic E-state index is 5.09. The van der Waals surface area contributed by atoms with Crippen LogP contribution >= 0.6 is 0 Å². The summed E-state index contributed by atoms with van der Waals surface area (Å²) in [6.07, 6.45) is 0. The van der Waals surface area contributed by atoms with Gasteiger partial charge in [0.05, 0.1) is 16.8 Å². The molecule has 9 aromatic carbocycles. The quantitative estimate of drug-likeness (QED) is 0.168. The number of benzene rings is 9. The minimum absolute atomic E-state index is 0.351. The first-order chi connectivity index (χ1) is 30.2. The molecule has 0 amide bonds. The van der Waals surface area contributed by atoms with Crippen LogP contribution in [0, 0.1) is 0 Å². The third-order valence-electron chi connectivity index (χ3n) is 12.8. The molecular formula is C59H38N2. The Balaban J connectivity index is 0.875. The van der Waals surface area contributed by atoms with Gasteiger partial charge in [-0.25, -0.2) is 9.97 Å². The molecule has 0 atom stereocenters. The molecule has 1 aromatic heterocycles. The van der Waals surface area contributed by atoms with Crippen molar-refractivity contribution in [2.24, 2.45) is 0 Å². The molecule has 2 aliphatic rings. The van der Waals surface area contributed by atoms with Crippen molar-refractivity contribution in [1.29, 1.82) is 0 Å². The van der Waals surface area contributed by atoms with Crippen molar-refractivity contribution < 1.29 is 0 Å². The third kappa shape index (κ3) is 5.64. The summed E-state index contributed by atoms with van der Waals surface area (Å²) < 4.78 is 0. The summed E-state index contributed by atoms with van der Waals surface area (Å²) in [5, 5.41) is 0. The lowest BCUT2D eigenvalue weighted by Crippen LogP contribution is -2.25. The van der Waals surface area contributed by atoms with Crippen molar-refractivity contribution >= 4 is 0 Å². The number of aromatic nitrogens is 2. The normalized spacial score (nSPS) is 12.7. The summed E-state index contributed by atoms with van der Waals surface area (Å²) in [6, 6.07) is 83.3. The fourth-order valence-corrected chi connectivity index (χ4v) is 9.89. The molecule has 0 radical (unpaired) electrons. The second-order valence-corrected chi connectivity index (χ2v) is 16.1. The van der Waals surface area contributed by atoms with Gasteiger partial charge in [-0.05, 0) is 90.0 Å². The molecule has 0 saturated carbocycles. The van der Waals surface area contributed by atoms with Crippen molar-refractivity contribution in [3.05, 3.63) is 253 Å². The van der Waals surface area contributed by atoms with Gasteiger partial charge in [-0.3, -0.25) is 0 Å². The lowest BCUT2D eigenvalue weighted by Gasteiger charge is -2.30. The Hall–Kier alpha value is -7.94. The molecule has 0 fully saturated rings. The van der Waals surface area contributed by atoms with Gasteiger partial charge in [0.25, 0.3) is 0 Å². The Bertz CT molecular complexity index is 3190. The summed E-state index contributed by atoms with van der Waals surface area (Å²) in [7, 11) is 0. The highest BCUT2D eigenvalue weighted by Gasteiger charge is 2.51. The topological polar surface area (TPSA) is 25.8 Å². The van der Waals surface area contributed by atoms with Gasteiger partial charge in [0, 0.05) is 16.7 Å². The van der Waals surface area contributed by atoms with Crippen LogP contribution in [-0.2, 0) is 5.41 Å². The Kier molecular flexibility index (Phi) is 8.11. The number of nitrogens with zero attached hydrogens (tertiary/aromatic N) is 2. The average Bonchev–Trinajstić information content (AvgIpc) is 3.82. The van der Waals surface area contributed by atoms with E-state index in [1.54, 1.807) is 0 Å². The average molecular weight is 775 g/mol. The van der Waals surface area contributed by atoms with E-state index < -0.39 is 0 Å². The molecule has 0 N–H and O–H groups in total. The van der Waals surface area contributed by atoms with Crippen molar-refractivity contribution in [2.75, 3.05) is 0 Å². The predicted molar refractivity (Wildman–Crippen MR) is 251 cm³/mol. The molecule has 61 heavy (non-hydrogen) atoms. The van der Waals surface area contributed by atoms with Gasteiger partial charge in [-0.2, -0.15) is 0 Å². The standard InChI is InChI=1S/C59H38N2/c1-3-13-39(14-4-1)40-27-31-44(32-28-40)56-38-57(61-58(60-56)46-15-5-2-6-16-46)45-33-29-42(30-34-45)41-23-25-43(26-24-41)47-35-36-51-50-19-9-12-22-54(50)59(55(51)37-47)52-20-10-7-17-48(52)49-18-8-11-21-53(49)59/h1-38H. The zero-order valence-electron chi connectivity index (χ0n) is 33.3. The van der Waals surface area contributed by atoms with Crippen molar-refractivity contribution in [3.63, 3.8) is 0 Å². The summed E-state index contributed by atoms with van der Waals surface area (Å²) in [6.45, 7) is 0. The van der Waals surface area contributed by atoms with Gasteiger partial charge in [0.15, 0.2) is 5.82 Å².